The fourth-order valence-electron chi connectivity index (χ4n) is 1.46. The largest absolute Gasteiger partial charge is 0.508 e. The number of hydrogen-bond acceptors (Lipinski definition) is 2. The van der Waals surface area contributed by atoms with Gasteiger partial charge in [0.25, 0.3) is 0 Å². The Labute approximate surface area is 111 Å². The second-order valence-electron chi connectivity index (χ2n) is 4.15. The third-order valence-corrected chi connectivity index (χ3v) is 2.72. The van der Waals surface area contributed by atoms with E-state index < -0.39 is 18.6 Å². The minimum atomic E-state index is -5.59. The van der Waals surface area contributed by atoms with E-state index in [0.29, 0.717) is 0 Å². The number of alkyl halides is 5. The van der Waals surface area contributed by atoms with Crippen LogP contribution in [-0.4, -0.2) is 35.7 Å². The number of phenolic OH excluding ortho intramolecular Hbond substituents is 1. The van der Waals surface area contributed by atoms with Gasteiger partial charge < -0.3 is 5.11 Å². The van der Waals surface area contributed by atoms with Crippen molar-refractivity contribution in [1.29, 1.82) is 0 Å². The number of halogens is 6. The van der Waals surface area contributed by atoms with Gasteiger partial charge in [-0.1, -0.05) is 11.6 Å². The van der Waals surface area contributed by atoms with Crippen molar-refractivity contribution >= 4 is 11.6 Å². The standard InChI is InChI=1S/C11H11ClF5NO/c1-18(6-10(13,14)11(15,16)17)5-7-4-8(19)2-3-9(7)12/h2-4,19H,5-6H2,1H3. The topological polar surface area (TPSA) is 23.5 Å². The maximum atomic E-state index is 12.8. The van der Waals surface area contributed by atoms with Gasteiger partial charge in [-0.05, 0) is 30.8 Å². The van der Waals surface area contributed by atoms with Crippen molar-refractivity contribution < 1.29 is 27.1 Å². The van der Waals surface area contributed by atoms with Crippen LogP contribution < -0.4 is 0 Å². The van der Waals surface area contributed by atoms with Crippen LogP contribution in [0.4, 0.5) is 22.0 Å². The Hall–Kier alpha value is -1.08. The molecule has 0 aliphatic rings. The summed E-state index contributed by atoms with van der Waals surface area (Å²) in [5, 5.41) is 9.39. The fourth-order valence-corrected chi connectivity index (χ4v) is 1.63. The van der Waals surface area contributed by atoms with Crippen LogP contribution in [0.3, 0.4) is 0 Å². The lowest BCUT2D eigenvalue weighted by Crippen LogP contribution is -2.45. The third kappa shape index (κ3) is 4.21. The number of aromatic hydroxyl groups is 1. The minimum Gasteiger partial charge on any atom is -0.508 e. The Balaban J connectivity index is 2.76. The SMILES string of the molecule is CN(Cc1cc(O)ccc1Cl)CC(F)(F)C(F)(F)F. The Bertz CT molecular complexity index is 449. The van der Waals surface area contributed by atoms with E-state index in [4.69, 9.17) is 11.6 Å². The first-order valence-electron chi connectivity index (χ1n) is 5.13. The molecule has 0 fully saturated rings. The molecule has 1 N–H and O–H groups in total. The Morgan fingerprint density at radius 2 is 1.79 bits per heavy atom. The molecule has 0 atom stereocenters. The summed E-state index contributed by atoms with van der Waals surface area (Å²) in [6, 6.07) is 3.84. The van der Waals surface area contributed by atoms with Crippen LogP contribution in [0.5, 0.6) is 5.75 Å². The Morgan fingerprint density at radius 3 is 2.32 bits per heavy atom. The molecule has 0 unspecified atom stereocenters. The molecule has 0 radical (unpaired) electrons. The highest BCUT2D eigenvalue weighted by Crippen LogP contribution is 2.36. The van der Waals surface area contributed by atoms with Gasteiger partial charge in [0.2, 0.25) is 0 Å². The van der Waals surface area contributed by atoms with Crippen molar-refractivity contribution in [2.24, 2.45) is 0 Å². The van der Waals surface area contributed by atoms with Crippen LogP contribution >= 0.6 is 11.6 Å². The highest BCUT2D eigenvalue weighted by molar-refractivity contribution is 6.31. The van der Waals surface area contributed by atoms with Gasteiger partial charge in [-0.25, -0.2) is 0 Å². The fraction of sp³-hybridized carbons (Fsp3) is 0.455. The van der Waals surface area contributed by atoms with Crippen molar-refractivity contribution in [3.05, 3.63) is 28.8 Å². The molecule has 1 aromatic carbocycles. The first-order chi connectivity index (χ1) is 8.53. The molecule has 0 aromatic heterocycles. The van der Waals surface area contributed by atoms with Crippen LogP contribution in [-0.2, 0) is 6.54 Å². The molecule has 108 valence electrons. The lowest BCUT2D eigenvalue weighted by Gasteiger charge is -2.25. The van der Waals surface area contributed by atoms with E-state index in [-0.39, 0.29) is 22.9 Å². The van der Waals surface area contributed by atoms with E-state index in [1.807, 2.05) is 0 Å². The van der Waals surface area contributed by atoms with Gasteiger partial charge in [0.05, 0.1) is 6.54 Å². The van der Waals surface area contributed by atoms with E-state index in [1.165, 1.54) is 18.2 Å². The summed E-state index contributed by atoms with van der Waals surface area (Å²) in [5.74, 6) is -4.94. The van der Waals surface area contributed by atoms with Crippen molar-refractivity contribution in [3.63, 3.8) is 0 Å². The zero-order valence-electron chi connectivity index (χ0n) is 9.81. The van der Waals surface area contributed by atoms with E-state index in [9.17, 15) is 27.1 Å². The van der Waals surface area contributed by atoms with Crippen molar-refractivity contribution in [2.75, 3.05) is 13.6 Å². The summed E-state index contributed by atoms with van der Waals surface area (Å²) >= 11 is 5.75. The molecule has 0 amide bonds. The summed E-state index contributed by atoms with van der Waals surface area (Å²) in [7, 11) is 1.11. The second-order valence-corrected chi connectivity index (χ2v) is 4.56. The van der Waals surface area contributed by atoms with Crippen LogP contribution in [0.25, 0.3) is 0 Å². The van der Waals surface area contributed by atoms with Crippen molar-refractivity contribution in [1.82, 2.24) is 4.90 Å². The van der Waals surface area contributed by atoms with E-state index in [2.05, 4.69) is 0 Å². The van der Waals surface area contributed by atoms with Gasteiger partial charge in [0.15, 0.2) is 0 Å². The molecule has 0 saturated heterocycles. The molecule has 0 heterocycles. The van der Waals surface area contributed by atoms with Crippen molar-refractivity contribution in [3.8, 4) is 5.75 Å². The minimum absolute atomic E-state index is 0.143. The van der Waals surface area contributed by atoms with Crippen LogP contribution in [0.15, 0.2) is 18.2 Å². The van der Waals surface area contributed by atoms with Crippen LogP contribution in [0, 0.1) is 0 Å². The van der Waals surface area contributed by atoms with Gasteiger partial charge in [0, 0.05) is 11.6 Å². The summed E-state index contributed by atoms with van der Waals surface area (Å²) < 4.78 is 61.7. The summed E-state index contributed by atoms with van der Waals surface area (Å²) in [6.45, 7) is -1.72. The molecular weight excluding hydrogens is 293 g/mol. The van der Waals surface area contributed by atoms with E-state index in [0.717, 1.165) is 11.9 Å². The Morgan fingerprint density at radius 1 is 1.21 bits per heavy atom. The normalized spacial score (nSPS) is 13.1. The van der Waals surface area contributed by atoms with Crippen LogP contribution in [0.1, 0.15) is 5.56 Å². The number of benzene rings is 1. The van der Waals surface area contributed by atoms with E-state index >= 15 is 0 Å². The molecule has 0 aliphatic carbocycles. The van der Waals surface area contributed by atoms with Gasteiger partial charge in [-0.3, -0.25) is 4.90 Å². The summed E-state index contributed by atoms with van der Waals surface area (Å²) in [5.41, 5.74) is 0.266. The number of hydrogen-bond donors (Lipinski definition) is 1. The van der Waals surface area contributed by atoms with Gasteiger partial charge in [0.1, 0.15) is 5.75 Å². The quantitative estimate of drug-likeness (QED) is 0.858. The first-order valence-corrected chi connectivity index (χ1v) is 5.51. The summed E-state index contributed by atoms with van der Waals surface area (Å²) in [6.07, 6.45) is -5.59. The molecule has 0 aliphatic heterocycles. The first kappa shape index (κ1) is 16.0. The molecule has 0 spiro atoms. The number of nitrogens with zero attached hydrogens (tertiary/aromatic N) is 1. The number of phenols is 1. The average molecular weight is 304 g/mol. The molecule has 19 heavy (non-hydrogen) atoms. The lowest BCUT2D eigenvalue weighted by atomic mass is 10.2. The molecule has 0 saturated carbocycles. The molecular formula is C11H11ClF5NO. The maximum absolute atomic E-state index is 12.8. The predicted molar refractivity (Wildman–Crippen MR) is 60.5 cm³/mol. The smallest absolute Gasteiger partial charge is 0.454 e. The maximum Gasteiger partial charge on any atom is 0.454 e. The molecule has 1 aromatic rings. The molecule has 1 rings (SSSR count). The molecule has 0 bridgehead atoms. The Kier molecular flexibility index (Phi) is 4.63. The van der Waals surface area contributed by atoms with Crippen LogP contribution in [0.2, 0.25) is 5.02 Å². The second kappa shape index (κ2) is 5.50. The monoisotopic (exact) mass is 303 g/mol. The third-order valence-electron chi connectivity index (χ3n) is 2.35. The average Bonchev–Trinajstić information content (AvgIpc) is 2.21. The van der Waals surface area contributed by atoms with Gasteiger partial charge in [-0.2, -0.15) is 22.0 Å². The highest BCUT2D eigenvalue weighted by atomic mass is 35.5. The highest BCUT2D eigenvalue weighted by Gasteiger charge is 2.57. The molecule has 2 nitrogen and oxygen atoms in total. The molecule has 8 heteroatoms. The van der Waals surface area contributed by atoms with Crippen molar-refractivity contribution in [2.45, 2.75) is 18.6 Å². The van der Waals surface area contributed by atoms with Gasteiger partial charge >= 0.3 is 12.1 Å². The number of rotatable bonds is 4. The zero-order valence-corrected chi connectivity index (χ0v) is 10.6. The van der Waals surface area contributed by atoms with E-state index in [1.54, 1.807) is 0 Å². The zero-order chi connectivity index (χ0) is 14.8. The van der Waals surface area contributed by atoms with Gasteiger partial charge in [-0.15, -0.1) is 0 Å². The lowest BCUT2D eigenvalue weighted by molar-refractivity contribution is -0.286. The predicted octanol–water partition coefficient (Wildman–Crippen LogP) is 3.68. The summed E-state index contributed by atoms with van der Waals surface area (Å²) in [4.78, 5) is 0.786.